The van der Waals surface area contributed by atoms with Gasteiger partial charge in [0.15, 0.2) is 0 Å². The fourth-order valence-electron chi connectivity index (χ4n) is 3.33. The standard InChI is InChI=1S/C21H25BFN3O4/c1-14(22(29)30)24-20(27)18(13-15-5-3-2-4-6-15)25-21(28)19-11-12-26(19)17-9-7-16(23)8-10-17/h2-10,14,18-19,29-30H,11-13H2,1H3,(H,24,27)(H,25,28)/t14?,18-,19-/m0/s1. The van der Waals surface area contributed by atoms with Crippen molar-refractivity contribution in [1.82, 2.24) is 10.6 Å². The normalized spacial score (nSPS) is 17.5. The minimum Gasteiger partial charge on any atom is -0.426 e. The summed E-state index contributed by atoms with van der Waals surface area (Å²) in [5.41, 5.74) is 1.60. The van der Waals surface area contributed by atoms with Crippen LogP contribution in [0.2, 0.25) is 0 Å². The third-order valence-corrected chi connectivity index (χ3v) is 5.21. The molecule has 0 aliphatic carbocycles. The highest BCUT2D eigenvalue weighted by Crippen LogP contribution is 2.26. The molecule has 1 heterocycles. The van der Waals surface area contributed by atoms with E-state index in [0.717, 1.165) is 11.3 Å². The van der Waals surface area contributed by atoms with Gasteiger partial charge < -0.3 is 25.6 Å². The lowest BCUT2D eigenvalue weighted by molar-refractivity contribution is -0.130. The van der Waals surface area contributed by atoms with E-state index in [4.69, 9.17) is 0 Å². The molecular weight excluding hydrogens is 388 g/mol. The molecule has 2 aromatic carbocycles. The number of nitrogens with zero attached hydrogens (tertiary/aromatic N) is 1. The van der Waals surface area contributed by atoms with Crippen molar-refractivity contribution in [3.8, 4) is 0 Å². The average Bonchev–Trinajstić information content (AvgIpc) is 2.69. The summed E-state index contributed by atoms with van der Waals surface area (Å²) in [6, 6.07) is 13.8. The molecule has 1 aliphatic heterocycles. The van der Waals surface area contributed by atoms with Crippen LogP contribution in [0.15, 0.2) is 54.6 Å². The van der Waals surface area contributed by atoms with Gasteiger partial charge in [0.25, 0.3) is 0 Å². The van der Waals surface area contributed by atoms with Crippen LogP contribution >= 0.6 is 0 Å². The van der Waals surface area contributed by atoms with Crippen LogP contribution in [0.4, 0.5) is 10.1 Å². The number of hydrogen-bond donors (Lipinski definition) is 4. The first-order chi connectivity index (χ1) is 14.3. The summed E-state index contributed by atoms with van der Waals surface area (Å²) in [5.74, 6) is -2.04. The summed E-state index contributed by atoms with van der Waals surface area (Å²) >= 11 is 0. The third-order valence-electron chi connectivity index (χ3n) is 5.21. The Hall–Kier alpha value is -2.91. The van der Waals surface area contributed by atoms with Gasteiger partial charge in [-0.3, -0.25) is 9.59 Å². The van der Waals surface area contributed by atoms with Crippen molar-refractivity contribution in [2.24, 2.45) is 0 Å². The summed E-state index contributed by atoms with van der Waals surface area (Å²) in [6.45, 7) is 2.12. The Bertz CT molecular complexity index is 866. The molecule has 1 saturated heterocycles. The first kappa shape index (κ1) is 21.8. The maximum Gasteiger partial charge on any atom is 0.475 e. The van der Waals surface area contributed by atoms with Gasteiger partial charge in [0, 0.05) is 18.7 Å². The molecule has 9 heteroatoms. The number of carbonyl (C=O) groups excluding carboxylic acids is 2. The first-order valence-corrected chi connectivity index (χ1v) is 9.88. The van der Waals surface area contributed by atoms with Gasteiger partial charge >= 0.3 is 7.12 Å². The quantitative estimate of drug-likeness (QED) is 0.476. The van der Waals surface area contributed by atoms with Crippen LogP contribution in [0.3, 0.4) is 0 Å². The van der Waals surface area contributed by atoms with E-state index < -0.39 is 31.1 Å². The van der Waals surface area contributed by atoms with Crippen molar-refractivity contribution in [2.45, 2.75) is 37.8 Å². The largest absolute Gasteiger partial charge is 0.475 e. The Morgan fingerprint density at radius 2 is 1.80 bits per heavy atom. The van der Waals surface area contributed by atoms with Crippen molar-refractivity contribution in [3.05, 3.63) is 66.0 Å². The number of carbonyl (C=O) groups is 2. The van der Waals surface area contributed by atoms with Gasteiger partial charge in [-0.25, -0.2) is 4.39 Å². The molecule has 0 saturated carbocycles. The number of nitrogens with one attached hydrogen (secondary N) is 2. The maximum atomic E-state index is 13.2. The molecule has 1 aliphatic rings. The topological polar surface area (TPSA) is 102 Å². The average molecular weight is 413 g/mol. The van der Waals surface area contributed by atoms with Crippen molar-refractivity contribution in [2.75, 3.05) is 11.4 Å². The second kappa shape index (κ2) is 9.73. The molecule has 0 bridgehead atoms. The molecule has 3 atom stereocenters. The minimum absolute atomic E-state index is 0.260. The SMILES string of the molecule is CC(NC(=O)[C@H](Cc1ccccc1)NC(=O)[C@@H]1CCN1c1ccc(F)cc1)B(O)O. The molecule has 4 N–H and O–H groups in total. The number of benzene rings is 2. The predicted molar refractivity (Wildman–Crippen MR) is 112 cm³/mol. The van der Waals surface area contributed by atoms with Gasteiger partial charge in [-0.2, -0.15) is 0 Å². The Morgan fingerprint density at radius 1 is 1.13 bits per heavy atom. The van der Waals surface area contributed by atoms with Crippen molar-refractivity contribution < 1.29 is 24.0 Å². The van der Waals surface area contributed by atoms with Crippen LogP contribution in [0.1, 0.15) is 18.9 Å². The predicted octanol–water partition coefficient (Wildman–Crippen LogP) is 0.649. The molecule has 1 unspecified atom stereocenters. The van der Waals surface area contributed by atoms with Gasteiger partial charge in [-0.1, -0.05) is 30.3 Å². The number of halogens is 1. The molecule has 7 nitrogen and oxygen atoms in total. The lowest BCUT2D eigenvalue weighted by Crippen LogP contribution is -2.61. The molecule has 2 amide bonds. The second-order valence-corrected chi connectivity index (χ2v) is 7.44. The highest BCUT2D eigenvalue weighted by molar-refractivity contribution is 6.43. The first-order valence-electron chi connectivity index (χ1n) is 9.88. The van der Waals surface area contributed by atoms with Crippen molar-refractivity contribution >= 4 is 24.6 Å². The zero-order valence-electron chi connectivity index (χ0n) is 16.7. The number of amides is 2. The second-order valence-electron chi connectivity index (χ2n) is 7.44. The summed E-state index contributed by atoms with van der Waals surface area (Å²) in [5, 5.41) is 23.8. The Labute approximate surface area is 175 Å². The molecule has 2 aromatic rings. The van der Waals surface area contributed by atoms with E-state index >= 15 is 0 Å². The monoisotopic (exact) mass is 413 g/mol. The van der Waals surface area contributed by atoms with E-state index in [9.17, 15) is 24.0 Å². The number of anilines is 1. The molecule has 1 fully saturated rings. The maximum absolute atomic E-state index is 13.2. The summed E-state index contributed by atoms with van der Waals surface area (Å²) < 4.78 is 13.2. The molecular formula is C21H25BFN3O4. The zero-order chi connectivity index (χ0) is 21.7. The lowest BCUT2D eigenvalue weighted by Gasteiger charge is -2.42. The highest BCUT2D eigenvalue weighted by Gasteiger charge is 2.36. The van der Waals surface area contributed by atoms with E-state index in [-0.39, 0.29) is 18.1 Å². The van der Waals surface area contributed by atoms with Crippen molar-refractivity contribution in [3.63, 3.8) is 0 Å². The Kier molecular flexibility index (Phi) is 7.07. The molecule has 3 rings (SSSR count). The van der Waals surface area contributed by atoms with Crippen LogP contribution in [0.5, 0.6) is 0 Å². The summed E-state index contributed by atoms with van der Waals surface area (Å²) in [7, 11) is -1.71. The van der Waals surface area contributed by atoms with Crippen LogP contribution in [0, 0.1) is 5.82 Å². The van der Waals surface area contributed by atoms with Crippen LogP contribution < -0.4 is 15.5 Å². The van der Waals surface area contributed by atoms with E-state index in [2.05, 4.69) is 10.6 Å². The van der Waals surface area contributed by atoms with Gasteiger partial charge in [-0.15, -0.1) is 0 Å². The van der Waals surface area contributed by atoms with Crippen LogP contribution in [-0.4, -0.2) is 53.6 Å². The van der Waals surface area contributed by atoms with E-state index in [1.165, 1.54) is 19.1 Å². The van der Waals surface area contributed by atoms with E-state index in [1.54, 1.807) is 12.1 Å². The Morgan fingerprint density at radius 3 is 2.37 bits per heavy atom. The van der Waals surface area contributed by atoms with E-state index in [1.807, 2.05) is 35.2 Å². The van der Waals surface area contributed by atoms with Gasteiger partial charge in [0.1, 0.15) is 17.9 Å². The lowest BCUT2D eigenvalue weighted by atomic mass is 9.81. The smallest absolute Gasteiger partial charge is 0.426 e. The molecule has 30 heavy (non-hydrogen) atoms. The number of hydrogen-bond acceptors (Lipinski definition) is 5. The molecule has 0 spiro atoms. The zero-order valence-corrected chi connectivity index (χ0v) is 16.7. The van der Waals surface area contributed by atoms with Gasteiger partial charge in [0.2, 0.25) is 11.8 Å². The molecule has 0 aromatic heterocycles. The Balaban J connectivity index is 1.70. The fraction of sp³-hybridized carbons (Fsp3) is 0.333. The van der Waals surface area contributed by atoms with Crippen LogP contribution in [0.25, 0.3) is 0 Å². The minimum atomic E-state index is -1.71. The fourth-order valence-corrected chi connectivity index (χ4v) is 3.33. The third kappa shape index (κ3) is 5.37. The van der Waals surface area contributed by atoms with Crippen molar-refractivity contribution in [1.29, 1.82) is 0 Å². The summed E-state index contributed by atoms with van der Waals surface area (Å²) in [6.07, 6.45) is 0.880. The van der Waals surface area contributed by atoms with E-state index in [0.29, 0.717) is 13.0 Å². The van der Waals surface area contributed by atoms with Gasteiger partial charge in [-0.05, 0) is 43.2 Å². The highest BCUT2D eigenvalue weighted by atomic mass is 19.1. The molecule has 0 radical (unpaired) electrons. The van der Waals surface area contributed by atoms with Crippen LogP contribution in [-0.2, 0) is 16.0 Å². The van der Waals surface area contributed by atoms with Gasteiger partial charge in [0.05, 0.1) is 5.94 Å². The summed E-state index contributed by atoms with van der Waals surface area (Å²) in [4.78, 5) is 27.5. The molecule has 158 valence electrons. The number of rotatable bonds is 8.